The maximum Gasteiger partial charge on any atom is 0.219 e. The maximum absolute atomic E-state index is 5.96. The van der Waals surface area contributed by atoms with Crippen LogP contribution >= 0.6 is 11.8 Å². The number of benzene rings is 2. The highest BCUT2D eigenvalue weighted by molar-refractivity contribution is 8.14. The Morgan fingerprint density at radius 1 is 0.913 bits per heavy atom. The van der Waals surface area contributed by atoms with Gasteiger partial charge in [0.1, 0.15) is 0 Å². The number of rotatable bonds is 2. The molecule has 4 rings (SSSR count). The van der Waals surface area contributed by atoms with Crippen molar-refractivity contribution in [2.75, 3.05) is 5.32 Å². The Morgan fingerprint density at radius 3 is 2.22 bits per heavy atom. The molecule has 0 saturated carbocycles. The number of aliphatic imine (C=N–C) groups is 2. The second-order valence-corrected chi connectivity index (χ2v) is 6.83. The van der Waals surface area contributed by atoms with Gasteiger partial charge in [-0.3, -0.25) is 0 Å². The van der Waals surface area contributed by atoms with Crippen LogP contribution in [0.4, 0.5) is 5.69 Å². The van der Waals surface area contributed by atoms with Crippen LogP contribution < -0.4 is 5.32 Å². The van der Waals surface area contributed by atoms with E-state index in [-0.39, 0.29) is 11.6 Å². The molecule has 2 aliphatic heterocycles. The summed E-state index contributed by atoms with van der Waals surface area (Å²) in [6, 6.07) is 16.5. The normalized spacial score (nSPS) is 22.2. The molecule has 0 unspecified atom stereocenters. The van der Waals surface area contributed by atoms with Crippen molar-refractivity contribution in [2.45, 2.75) is 25.4 Å². The predicted octanol–water partition coefficient (Wildman–Crippen LogP) is 3.95. The van der Waals surface area contributed by atoms with Crippen LogP contribution in [0.5, 0.6) is 0 Å². The third kappa shape index (κ3) is 2.97. The number of hydrogen-bond donors (Lipinski definition) is 1. The van der Waals surface area contributed by atoms with E-state index in [1.54, 1.807) is 11.8 Å². The van der Waals surface area contributed by atoms with Crippen molar-refractivity contribution in [3.63, 3.8) is 0 Å². The van der Waals surface area contributed by atoms with E-state index in [9.17, 15) is 0 Å². The summed E-state index contributed by atoms with van der Waals surface area (Å²) in [5, 5.41) is 4.18. The van der Waals surface area contributed by atoms with E-state index in [1.807, 2.05) is 24.3 Å². The zero-order valence-corrected chi connectivity index (χ0v) is 13.8. The quantitative estimate of drug-likeness (QED) is 0.910. The first-order chi connectivity index (χ1) is 11.2. The average molecular weight is 323 g/mol. The van der Waals surface area contributed by atoms with Crippen LogP contribution in [0, 0.1) is 13.8 Å². The van der Waals surface area contributed by atoms with Crippen LogP contribution in [0.25, 0.3) is 0 Å². The predicted molar refractivity (Wildman–Crippen MR) is 96.2 cm³/mol. The molecule has 0 radical (unpaired) electrons. The average Bonchev–Trinajstić information content (AvgIpc) is 3.09. The number of ether oxygens (including phenoxy) is 1. The van der Waals surface area contributed by atoms with Crippen molar-refractivity contribution in [3.05, 3.63) is 65.2 Å². The largest absolute Gasteiger partial charge is 0.458 e. The minimum Gasteiger partial charge on any atom is -0.458 e. The van der Waals surface area contributed by atoms with Crippen LogP contribution in [0.2, 0.25) is 0 Å². The van der Waals surface area contributed by atoms with Crippen molar-refractivity contribution in [2.24, 2.45) is 9.98 Å². The van der Waals surface area contributed by atoms with Gasteiger partial charge in [0.05, 0.1) is 0 Å². The Kier molecular flexibility index (Phi) is 3.58. The lowest BCUT2D eigenvalue weighted by Gasteiger charge is -2.09. The van der Waals surface area contributed by atoms with Crippen molar-refractivity contribution in [1.29, 1.82) is 0 Å². The Bertz CT molecular complexity index is 781. The van der Waals surface area contributed by atoms with E-state index in [4.69, 9.17) is 4.74 Å². The number of thioether (sulfide) groups is 1. The van der Waals surface area contributed by atoms with Gasteiger partial charge in [0, 0.05) is 11.3 Å². The first-order valence-electron chi connectivity index (χ1n) is 7.57. The number of aryl methyl sites for hydroxylation is 2. The minimum absolute atomic E-state index is 0.0701. The molecule has 5 heteroatoms. The fraction of sp³-hybridized carbons (Fsp3) is 0.222. The Hall–Kier alpha value is -2.27. The molecule has 1 N–H and O–H groups in total. The molecule has 0 amide bonds. The zero-order chi connectivity index (χ0) is 15.8. The smallest absolute Gasteiger partial charge is 0.219 e. The standard InChI is InChI=1S/C18H17N3OS/c1-11-3-7-13(8-4-11)16-20-15-17(22-16)23-18(21-15)19-14-9-5-12(2)6-10-14/h3-10,15,17H,1-2H3,(H,19,21)/t15-,17+/m0/s1. The number of hydrogen-bond acceptors (Lipinski definition) is 5. The molecule has 0 fully saturated rings. The molecule has 2 aliphatic rings. The van der Waals surface area contributed by atoms with Gasteiger partial charge in [-0.15, -0.1) is 0 Å². The van der Waals surface area contributed by atoms with Gasteiger partial charge in [0.2, 0.25) is 5.90 Å². The van der Waals surface area contributed by atoms with Gasteiger partial charge in [0.15, 0.2) is 16.8 Å². The number of nitrogens with zero attached hydrogens (tertiary/aromatic N) is 2. The fourth-order valence-corrected chi connectivity index (χ4v) is 3.43. The zero-order valence-electron chi connectivity index (χ0n) is 13.0. The lowest BCUT2D eigenvalue weighted by Crippen LogP contribution is -2.13. The molecule has 0 spiro atoms. The first kappa shape index (κ1) is 14.3. The van der Waals surface area contributed by atoms with Crippen LogP contribution in [-0.2, 0) is 4.74 Å². The third-order valence-corrected chi connectivity index (χ3v) is 4.80. The molecule has 0 aliphatic carbocycles. The van der Waals surface area contributed by atoms with E-state index in [0.29, 0.717) is 5.90 Å². The van der Waals surface area contributed by atoms with Crippen molar-refractivity contribution in [3.8, 4) is 0 Å². The van der Waals surface area contributed by atoms with Gasteiger partial charge in [-0.25, -0.2) is 9.98 Å². The summed E-state index contributed by atoms with van der Waals surface area (Å²) in [7, 11) is 0. The number of fused-ring (bicyclic) bond motifs is 1. The topological polar surface area (TPSA) is 46.0 Å². The van der Waals surface area contributed by atoms with Crippen molar-refractivity contribution >= 4 is 28.5 Å². The number of amidine groups is 1. The minimum atomic E-state index is -0.163. The Balaban J connectivity index is 1.48. The summed E-state index contributed by atoms with van der Waals surface area (Å²) in [5.41, 5.74) is 4.44. The molecule has 0 saturated heterocycles. The van der Waals surface area contributed by atoms with E-state index in [2.05, 4.69) is 53.4 Å². The van der Waals surface area contributed by atoms with E-state index in [0.717, 1.165) is 16.4 Å². The molecule has 116 valence electrons. The van der Waals surface area contributed by atoms with Gasteiger partial charge in [-0.1, -0.05) is 35.4 Å². The molecular weight excluding hydrogens is 306 g/mol. The maximum atomic E-state index is 5.96. The van der Waals surface area contributed by atoms with Crippen molar-refractivity contribution in [1.82, 2.24) is 0 Å². The monoisotopic (exact) mass is 323 g/mol. The lowest BCUT2D eigenvalue weighted by atomic mass is 10.1. The molecule has 2 atom stereocenters. The van der Waals surface area contributed by atoms with Crippen LogP contribution in [0.1, 0.15) is 16.7 Å². The molecule has 23 heavy (non-hydrogen) atoms. The highest BCUT2D eigenvalue weighted by Gasteiger charge is 2.38. The second kappa shape index (κ2) is 5.74. The molecule has 2 aromatic carbocycles. The summed E-state index contributed by atoms with van der Waals surface area (Å²) in [4.78, 5) is 9.22. The highest BCUT2D eigenvalue weighted by Crippen LogP contribution is 2.34. The van der Waals surface area contributed by atoms with Gasteiger partial charge in [0.25, 0.3) is 0 Å². The number of nitrogens with one attached hydrogen (secondary N) is 1. The van der Waals surface area contributed by atoms with Gasteiger partial charge in [-0.05, 0) is 49.9 Å². The summed E-state index contributed by atoms with van der Waals surface area (Å²) in [6.45, 7) is 4.14. The molecule has 0 bridgehead atoms. The summed E-state index contributed by atoms with van der Waals surface area (Å²) >= 11 is 1.58. The summed E-state index contributed by atoms with van der Waals surface area (Å²) < 4.78 is 5.96. The van der Waals surface area contributed by atoms with Gasteiger partial charge in [-0.2, -0.15) is 0 Å². The lowest BCUT2D eigenvalue weighted by molar-refractivity contribution is 0.289. The highest BCUT2D eigenvalue weighted by atomic mass is 32.2. The Morgan fingerprint density at radius 2 is 1.57 bits per heavy atom. The SMILES string of the molecule is Cc1ccc(NC2=N[C@@H]3N=C(c4ccc(C)cc4)O[C@@H]3S2)cc1. The summed E-state index contributed by atoms with van der Waals surface area (Å²) in [5.74, 6) is 0.686. The van der Waals surface area contributed by atoms with E-state index >= 15 is 0 Å². The van der Waals surface area contributed by atoms with Crippen molar-refractivity contribution < 1.29 is 4.74 Å². The van der Waals surface area contributed by atoms with Crippen LogP contribution in [-0.4, -0.2) is 22.7 Å². The molecule has 2 heterocycles. The molecule has 4 nitrogen and oxygen atoms in total. The Labute approximate surface area is 139 Å². The number of anilines is 1. The van der Waals surface area contributed by atoms with Crippen LogP contribution in [0.3, 0.4) is 0 Å². The van der Waals surface area contributed by atoms with Crippen LogP contribution in [0.15, 0.2) is 58.5 Å². The van der Waals surface area contributed by atoms with Gasteiger partial charge >= 0.3 is 0 Å². The second-order valence-electron chi connectivity index (χ2n) is 5.74. The molecular formula is C18H17N3OS. The van der Waals surface area contributed by atoms with E-state index in [1.165, 1.54) is 11.1 Å². The molecule has 0 aromatic heterocycles. The fourth-order valence-electron chi connectivity index (χ4n) is 2.48. The molecule has 2 aromatic rings. The van der Waals surface area contributed by atoms with E-state index < -0.39 is 0 Å². The van der Waals surface area contributed by atoms with Gasteiger partial charge < -0.3 is 10.1 Å². The first-order valence-corrected chi connectivity index (χ1v) is 8.45. The summed E-state index contributed by atoms with van der Waals surface area (Å²) in [6.07, 6.45) is -0.163. The third-order valence-electron chi connectivity index (χ3n) is 3.80.